The predicted octanol–water partition coefficient (Wildman–Crippen LogP) is 1.38. The van der Waals surface area contributed by atoms with Crippen LogP contribution in [0.2, 0.25) is 0 Å². The van der Waals surface area contributed by atoms with E-state index in [0.29, 0.717) is 21.9 Å². The van der Waals surface area contributed by atoms with Crippen LogP contribution in [0.5, 0.6) is 0 Å². The van der Waals surface area contributed by atoms with Gasteiger partial charge in [-0.2, -0.15) is 0 Å². The van der Waals surface area contributed by atoms with E-state index in [1.54, 1.807) is 6.07 Å². The third-order valence-electron chi connectivity index (χ3n) is 2.19. The number of fused-ring (bicyclic) bond motifs is 1. The molecule has 0 atom stereocenters. The molecule has 3 aromatic rings. The Hall–Kier alpha value is -2.09. The highest BCUT2D eigenvalue weighted by Gasteiger charge is 2.12. The minimum Gasteiger partial charge on any atom is -0.397 e. The molecule has 1 aromatic carbocycles. The Balaban J connectivity index is 2.06. The maximum Gasteiger partial charge on any atom is 0.213 e. The summed E-state index contributed by atoms with van der Waals surface area (Å²) in [5.74, 6) is 0.762. The molecule has 0 aliphatic heterocycles. The molecule has 0 aliphatic rings. The van der Waals surface area contributed by atoms with Gasteiger partial charge in [-0.15, -0.1) is 5.10 Å². The standard InChI is InChI=1S/C9H8N6OS/c1-4-11-9(13-12-4)17-6-3-2-5(10)7-8(6)15-16-14-7/h2-3H,10H2,1H3,(H,11,12,13). The highest BCUT2D eigenvalue weighted by atomic mass is 32.2. The van der Waals surface area contributed by atoms with Gasteiger partial charge in [0.1, 0.15) is 5.82 Å². The summed E-state index contributed by atoms with van der Waals surface area (Å²) in [4.78, 5) is 5.06. The van der Waals surface area contributed by atoms with E-state index in [0.717, 1.165) is 10.7 Å². The molecule has 0 aliphatic carbocycles. The monoisotopic (exact) mass is 248 g/mol. The molecular weight excluding hydrogens is 240 g/mol. The molecule has 2 heterocycles. The zero-order chi connectivity index (χ0) is 11.8. The van der Waals surface area contributed by atoms with Crippen molar-refractivity contribution in [3.05, 3.63) is 18.0 Å². The first-order valence-corrected chi connectivity index (χ1v) is 5.63. The molecule has 0 spiro atoms. The highest BCUT2D eigenvalue weighted by molar-refractivity contribution is 7.99. The Morgan fingerprint density at radius 1 is 1.29 bits per heavy atom. The molecule has 0 saturated heterocycles. The average Bonchev–Trinajstić information content (AvgIpc) is 2.92. The Kier molecular flexibility index (Phi) is 2.22. The van der Waals surface area contributed by atoms with Gasteiger partial charge in [-0.3, -0.25) is 5.10 Å². The Labute approximate surface area is 99.8 Å². The number of rotatable bonds is 2. The van der Waals surface area contributed by atoms with Crippen molar-refractivity contribution in [1.82, 2.24) is 25.5 Å². The molecule has 0 bridgehead atoms. The largest absolute Gasteiger partial charge is 0.397 e. The SMILES string of the molecule is Cc1nc(Sc2ccc(N)c3nonc23)n[nH]1. The number of aromatic amines is 1. The van der Waals surface area contributed by atoms with Gasteiger partial charge in [0.2, 0.25) is 5.16 Å². The van der Waals surface area contributed by atoms with Gasteiger partial charge in [-0.05, 0) is 41.1 Å². The summed E-state index contributed by atoms with van der Waals surface area (Å²) >= 11 is 1.38. The van der Waals surface area contributed by atoms with Crippen molar-refractivity contribution >= 4 is 28.5 Å². The number of H-pyrrole nitrogens is 1. The normalized spacial score (nSPS) is 11.1. The lowest BCUT2D eigenvalue weighted by Crippen LogP contribution is -1.88. The van der Waals surface area contributed by atoms with Crippen LogP contribution in [0.3, 0.4) is 0 Å². The van der Waals surface area contributed by atoms with Gasteiger partial charge in [0.15, 0.2) is 11.0 Å². The van der Waals surface area contributed by atoms with Crippen LogP contribution < -0.4 is 5.73 Å². The van der Waals surface area contributed by atoms with Crippen molar-refractivity contribution in [2.24, 2.45) is 0 Å². The number of aryl methyl sites for hydroxylation is 1. The second-order valence-corrected chi connectivity index (χ2v) is 4.43. The minimum absolute atomic E-state index is 0.539. The third-order valence-corrected chi connectivity index (χ3v) is 3.10. The molecule has 0 unspecified atom stereocenters. The zero-order valence-electron chi connectivity index (χ0n) is 8.84. The van der Waals surface area contributed by atoms with Crippen molar-refractivity contribution in [3.63, 3.8) is 0 Å². The van der Waals surface area contributed by atoms with E-state index in [2.05, 4.69) is 30.1 Å². The Morgan fingerprint density at radius 3 is 2.88 bits per heavy atom. The lowest BCUT2D eigenvalue weighted by Gasteiger charge is -1.98. The first-order valence-electron chi connectivity index (χ1n) is 4.81. The topological polar surface area (TPSA) is 107 Å². The van der Waals surface area contributed by atoms with Crippen LogP contribution in [0.25, 0.3) is 11.0 Å². The van der Waals surface area contributed by atoms with E-state index < -0.39 is 0 Å². The molecule has 0 amide bonds. The van der Waals surface area contributed by atoms with E-state index in [1.807, 2.05) is 13.0 Å². The third kappa shape index (κ3) is 1.72. The number of hydrogen-bond donors (Lipinski definition) is 2. The van der Waals surface area contributed by atoms with Gasteiger partial charge in [-0.1, -0.05) is 0 Å². The molecule has 8 heteroatoms. The van der Waals surface area contributed by atoms with Crippen LogP contribution >= 0.6 is 11.8 Å². The molecule has 86 valence electrons. The van der Waals surface area contributed by atoms with Gasteiger partial charge in [0, 0.05) is 4.90 Å². The highest BCUT2D eigenvalue weighted by Crippen LogP contribution is 2.32. The van der Waals surface area contributed by atoms with Gasteiger partial charge in [-0.25, -0.2) is 9.61 Å². The van der Waals surface area contributed by atoms with E-state index in [1.165, 1.54) is 11.8 Å². The maximum absolute atomic E-state index is 5.76. The Bertz CT molecular complexity index is 675. The minimum atomic E-state index is 0.539. The van der Waals surface area contributed by atoms with Crippen molar-refractivity contribution in [2.75, 3.05) is 5.73 Å². The molecule has 0 radical (unpaired) electrons. The van der Waals surface area contributed by atoms with Crippen LogP contribution in [0.4, 0.5) is 5.69 Å². The number of hydrogen-bond acceptors (Lipinski definition) is 7. The van der Waals surface area contributed by atoms with E-state index in [4.69, 9.17) is 5.73 Å². The average molecular weight is 248 g/mol. The number of nitrogen functional groups attached to an aromatic ring is 1. The number of nitrogens with two attached hydrogens (primary N) is 1. The van der Waals surface area contributed by atoms with Crippen LogP contribution in [0.1, 0.15) is 5.82 Å². The number of benzene rings is 1. The van der Waals surface area contributed by atoms with E-state index in [9.17, 15) is 0 Å². The van der Waals surface area contributed by atoms with Crippen LogP contribution in [0.15, 0.2) is 26.8 Å². The summed E-state index contributed by atoms with van der Waals surface area (Å²) in [6.45, 7) is 1.84. The van der Waals surface area contributed by atoms with Crippen molar-refractivity contribution in [2.45, 2.75) is 17.0 Å². The second-order valence-electron chi connectivity index (χ2n) is 3.42. The maximum atomic E-state index is 5.76. The molecule has 17 heavy (non-hydrogen) atoms. The number of nitrogens with one attached hydrogen (secondary N) is 1. The lowest BCUT2D eigenvalue weighted by atomic mass is 10.3. The van der Waals surface area contributed by atoms with Gasteiger partial charge in [0.25, 0.3) is 0 Å². The molecular formula is C9H8N6OS. The van der Waals surface area contributed by atoms with Gasteiger partial charge < -0.3 is 5.73 Å². The molecule has 3 N–H and O–H groups in total. The molecule has 3 rings (SSSR count). The number of nitrogens with zero attached hydrogens (tertiary/aromatic N) is 4. The lowest BCUT2D eigenvalue weighted by molar-refractivity contribution is 0.315. The molecule has 0 fully saturated rings. The Morgan fingerprint density at radius 2 is 2.12 bits per heavy atom. The first-order chi connectivity index (χ1) is 8.24. The second kappa shape index (κ2) is 3.74. The zero-order valence-corrected chi connectivity index (χ0v) is 9.65. The van der Waals surface area contributed by atoms with Crippen LogP contribution in [-0.4, -0.2) is 25.5 Å². The van der Waals surface area contributed by atoms with Crippen LogP contribution in [-0.2, 0) is 0 Å². The fourth-order valence-electron chi connectivity index (χ4n) is 1.41. The summed E-state index contributed by atoms with van der Waals surface area (Å²) in [5.41, 5.74) is 7.48. The summed E-state index contributed by atoms with van der Waals surface area (Å²) < 4.78 is 4.69. The number of aromatic nitrogens is 5. The molecule has 2 aromatic heterocycles. The van der Waals surface area contributed by atoms with Crippen molar-refractivity contribution in [3.8, 4) is 0 Å². The van der Waals surface area contributed by atoms with Gasteiger partial charge >= 0.3 is 0 Å². The van der Waals surface area contributed by atoms with Gasteiger partial charge in [0.05, 0.1) is 5.69 Å². The van der Waals surface area contributed by atoms with Crippen LogP contribution in [0, 0.1) is 6.92 Å². The number of anilines is 1. The summed E-state index contributed by atoms with van der Waals surface area (Å²) in [5, 5.41) is 15.0. The summed E-state index contributed by atoms with van der Waals surface area (Å²) in [7, 11) is 0. The predicted molar refractivity (Wildman–Crippen MR) is 61.5 cm³/mol. The quantitative estimate of drug-likeness (QED) is 0.660. The molecule has 0 saturated carbocycles. The van der Waals surface area contributed by atoms with Crippen molar-refractivity contribution < 1.29 is 4.63 Å². The first kappa shape index (κ1) is 10.1. The van der Waals surface area contributed by atoms with E-state index in [-0.39, 0.29) is 0 Å². The fraction of sp³-hybridized carbons (Fsp3) is 0.111. The van der Waals surface area contributed by atoms with E-state index >= 15 is 0 Å². The summed E-state index contributed by atoms with van der Waals surface area (Å²) in [6.07, 6.45) is 0. The van der Waals surface area contributed by atoms with Crippen molar-refractivity contribution in [1.29, 1.82) is 0 Å². The molecule has 7 nitrogen and oxygen atoms in total. The fourth-order valence-corrected chi connectivity index (χ4v) is 2.25. The smallest absolute Gasteiger partial charge is 0.213 e. The summed E-state index contributed by atoms with van der Waals surface area (Å²) in [6, 6.07) is 3.60.